The summed E-state index contributed by atoms with van der Waals surface area (Å²) >= 11 is 0. The zero-order chi connectivity index (χ0) is 18.9. The lowest BCUT2D eigenvalue weighted by atomic mass is 9.73. The van der Waals surface area contributed by atoms with E-state index in [0.29, 0.717) is 5.82 Å². The number of urea groups is 1. The number of nitrogens with two attached hydrogens (primary N) is 1. The summed E-state index contributed by atoms with van der Waals surface area (Å²) in [4.78, 5) is 35.3. The fraction of sp³-hybridized carbons (Fsp3) is 0.368. The van der Waals surface area contributed by atoms with Gasteiger partial charge in [0, 0.05) is 36.3 Å². The summed E-state index contributed by atoms with van der Waals surface area (Å²) in [5.74, 6) is 0.250. The van der Waals surface area contributed by atoms with E-state index in [1.54, 1.807) is 24.7 Å². The van der Waals surface area contributed by atoms with Crippen LogP contribution >= 0.6 is 0 Å². The smallest absolute Gasteiger partial charge is 0.322 e. The van der Waals surface area contributed by atoms with Crippen LogP contribution in [0, 0.1) is 5.92 Å². The number of likely N-dealkylation sites (tertiary alicyclic amines) is 1. The molecule has 8 heteroatoms. The van der Waals surface area contributed by atoms with Gasteiger partial charge in [-0.1, -0.05) is 12.1 Å². The number of rotatable bonds is 4. The maximum absolute atomic E-state index is 12.8. The van der Waals surface area contributed by atoms with Crippen LogP contribution in [0.25, 0.3) is 0 Å². The standard InChI is InChI=1S/C19H22N6O2/c20-16-13(3-1-8-22-16)12-25-9-5-14(6-10-25)19(15-4-2-7-21-11-15)17(26)23-18(27)24-19/h1-4,7-8,11,14H,5-6,9-10,12H2,(H2,20,22)(H2,23,24,26,27)/t19-/m0/s1. The number of hydrogen-bond acceptors (Lipinski definition) is 6. The third kappa shape index (κ3) is 3.12. The summed E-state index contributed by atoms with van der Waals surface area (Å²) in [5.41, 5.74) is 6.63. The van der Waals surface area contributed by atoms with E-state index in [0.717, 1.165) is 43.6 Å². The highest BCUT2D eigenvalue weighted by Crippen LogP contribution is 2.39. The second-order valence-electron chi connectivity index (χ2n) is 7.06. The van der Waals surface area contributed by atoms with Crippen LogP contribution in [0.4, 0.5) is 10.6 Å². The van der Waals surface area contributed by atoms with E-state index in [2.05, 4.69) is 25.5 Å². The van der Waals surface area contributed by atoms with Crippen LogP contribution < -0.4 is 16.4 Å². The molecule has 2 fully saturated rings. The van der Waals surface area contributed by atoms with Crippen molar-refractivity contribution in [3.63, 3.8) is 0 Å². The van der Waals surface area contributed by atoms with E-state index in [-0.39, 0.29) is 11.8 Å². The van der Waals surface area contributed by atoms with E-state index in [4.69, 9.17) is 5.73 Å². The Morgan fingerprint density at radius 3 is 2.59 bits per heavy atom. The van der Waals surface area contributed by atoms with Crippen molar-refractivity contribution in [1.29, 1.82) is 0 Å². The Hall–Kier alpha value is -3.00. The van der Waals surface area contributed by atoms with Gasteiger partial charge in [0.15, 0.2) is 5.54 Å². The van der Waals surface area contributed by atoms with Crippen molar-refractivity contribution in [2.45, 2.75) is 24.9 Å². The van der Waals surface area contributed by atoms with Crippen LogP contribution in [0.2, 0.25) is 0 Å². The zero-order valence-corrected chi connectivity index (χ0v) is 14.9. The molecule has 4 heterocycles. The number of amides is 3. The number of aromatic nitrogens is 2. The van der Waals surface area contributed by atoms with Crippen molar-refractivity contribution in [3.05, 3.63) is 54.0 Å². The molecule has 27 heavy (non-hydrogen) atoms. The molecule has 8 nitrogen and oxygen atoms in total. The van der Waals surface area contributed by atoms with E-state index >= 15 is 0 Å². The SMILES string of the molecule is Nc1ncccc1CN1CCC([C@@]2(c3cccnc3)NC(=O)NC2=O)CC1. The zero-order valence-electron chi connectivity index (χ0n) is 14.9. The molecule has 0 saturated carbocycles. The third-order valence-electron chi connectivity index (χ3n) is 5.53. The molecule has 2 aromatic rings. The first-order valence-corrected chi connectivity index (χ1v) is 9.05. The number of carbonyl (C=O) groups excluding carboxylic acids is 2. The number of nitrogens with one attached hydrogen (secondary N) is 2. The summed E-state index contributed by atoms with van der Waals surface area (Å²) in [6, 6.07) is 7.05. The first-order valence-electron chi connectivity index (χ1n) is 9.05. The molecule has 4 N–H and O–H groups in total. The van der Waals surface area contributed by atoms with Crippen LogP contribution in [0.5, 0.6) is 0 Å². The molecule has 2 aliphatic rings. The summed E-state index contributed by atoms with van der Waals surface area (Å²) in [6.07, 6.45) is 6.57. The molecule has 0 spiro atoms. The van der Waals surface area contributed by atoms with Crippen molar-refractivity contribution in [2.24, 2.45) is 5.92 Å². The number of piperidine rings is 1. The highest BCUT2D eigenvalue weighted by Gasteiger charge is 2.53. The van der Waals surface area contributed by atoms with Crippen molar-refractivity contribution in [1.82, 2.24) is 25.5 Å². The Labute approximate surface area is 157 Å². The molecule has 0 aromatic carbocycles. The Bertz CT molecular complexity index is 850. The molecule has 4 rings (SSSR count). The Kier molecular flexibility index (Phi) is 4.49. The van der Waals surface area contributed by atoms with Gasteiger partial charge >= 0.3 is 6.03 Å². The van der Waals surface area contributed by atoms with Gasteiger partial charge < -0.3 is 11.1 Å². The maximum atomic E-state index is 12.8. The van der Waals surface area contributed by atoms with Gasteiger partial charge in [-0.25, -0.2) is 9.78 Å². The van der Waals surface area contributed by atoms with Crippen molar-refractivity contribution >= 4 is 17.8 Å². The predicted molar refractivity (Wildman–Crippen MR) is 99.2 cm³/mol. The van der Waals surface area contributed by atoms with Crippen LogP contribution in [0.15, 0.2) is 42.9 Å². The minimum absolute atomic E-state index is 0.00403. The minimum Gasteiger partial charge on any atom is -0.383 e. The Balaban J connectivity index is 1.52. The monoisotopic (exact) mass is 366 g/mol. The lowest BCUT2D eigenvalue weighted by molar-refractivity contribution is -0.127. The van der Waals surface area contributed by atoms with Gasteiger partial charge in [0.25, 0.3) is 5.91 Å². The lowest BCUT2D eigenvalue weighted by Gasteiger charge is -2.40. The van der Waals surface area contributed by atoms with Crippen LogP contribution in [-0.4, -0.2) is 39.9 Å². The summed E-state index contributed by atoms with van der Waals surface area (Å²) in [5, 5.41) is 5.30. The van der Waals surface area contributed by atoms with Gasteiger partial charge in [-0.2, -0.15) is 0 Å². The molecule has 2 saturated heterocycles. The lowest BCUT2D eigenvalue weighted by Crippen LogP contribution is -2.53. The number of carbonyl (C=O) groups is 2. The van der Waals surface area contributed by atoms with Gasteiger partial charge in [0.1, 0.15) is 5.82 Å². The maximum Gasteiger partial charge on any atom is 0.322 e. The van der Waals surface area contributed by atoms with Gasteiger partial charge in [-0.3, -0.25) is 20.0 Å². The van der Waals surface area contributed by atoms with Gasteiger partial charge in [0.2, 0.25) is 0 Å². The molecule has 2 aliphatic heterocycles. The first-order chi connectivity index (χ1) is 13.1. The van der Waals surface area contributed by atoms with Crippen molar-refractivity contribution in [2.75, 3.05) is 18.8 Å². The summed E-state index contributed by atoms with van der Waals surface area (Å²) < 4.78 is 0. The van der Waals surface area contributed by atoms with Crippen LogP contribution in [-0.2, 0) is 16.9 Å². The molecule has 0 unspecified atom stereocenters. The quantitative estimate of drug-likeness (QED) is 0.696. The highest BCUT2D eigenvalue weighted by molar-refractivity contribution is 6.07. The predicted octanol–water partition coefficient (Wildman–Crippen LogP) is 1.01. The van der Waals surface area contributed by atoms with Gasteiger partial charge in [-0.05, 0) is 44.0 Å². The summed E-state index contributed by atoms with van der Waals surface area (Å²) in [7, 11) is 0. The van der Waals surface area contributed by atoms with E-state index < -0.39 is 11.6 Å². The Morgan fingerprint density at radius 1 is 1.19 bits per heavy atom. The van der Waals surface area contributed by atoms with E-state index in [9.17, 15) is 9.59 Å². The van der Waals surface area contributed by atoms with Gasteiger partial charge in [0.05, 0.1) is 0 Å². The minimum atomic E-state index is -1.05. The number of anilines is 1. The molecule has 0 aliphatic carbocycles. The largest absolute Gasteiger partial charge is 0.383 e. The Morgan fingerprint density at radius 2 is 1.96 bits per heavy atom. The summed E-state index contributed by atoms with van der Waals surface area (Å²) in [6.45, 7) is 2.35. The van der Waals surface area contributed by atoms with E-state index in [1.807, 2.05) is 18.2 Å². The third-order valence-corrected chi connectivity index (χ3v) is 5.53. The van der Waals surface area contributed by atoms with Crippen molar-refractivity contribution in [3.8, 4) is 0 Å². The number of pyridine rings is 2. The van der Waals surface area contributed by atoms with Gasteiger partial charge in [-0.15, -0.1) is 0 Å². The fourth-order valence-electron chi connectivity index (χ4n) is 4.14. The van der Waals surface area contributed by atoms with Crippen molar-refractivity contribution < 1.29 is 9.59 Å². The molecular weight excluding hydrogens is 344 g/mol. The average molecular weight is 366 g/mol. The normalized spacial score (nSPS) is 23.9. The molecule has 1 atom stereocenters. The average Bonchev–Trinajstić information content (AvgIpc) is 3.00. The van der Waals surface area contributed by atoms with Crippen LogP contribution in [0.3, 0.4) is 0 Å². The molecule has 0 radical (unpaired) electrons. The molecule has 3 amide bonds. The topological polar surface area (TPSA) is 113 Å². The molecule has 0 bridgehead atoms. The highest BCUT2D eigenvalue weighted by atomic mass is 16.2. The number of nitrogens with zero attached hydrogens (tertiary/aromatic N) is 3. The molecule has 140 valence electrons. The first kappa shape index (κ1) is 17.4. The fourth-order valence-corrected chi connectivity index (χ4v) is 4.14. The molecule has 2 aromatic heterocycles. The van der Waals surface area contributed by atoms with E-state index in [1.165, 1.54) is 0 Å². The number of imide groups is 1. The number of hydrogen-bond donors (Lipinski definition) is 3. The number of nitrogen functional groups attached to an aromatic ring is 1. The second kappa shape index (κ2) is 6.96. The molecular formula is C19H22N6O2. The second-order valence-corrected chi connectivity index (χ2v) is 7.06. The van der Waals surface area contributed by atoms with Crippen LogP contribution in [0.1, 0.15) is 24.0 Å².